The summed E-state index contributed by atoms with van der Waals surface area (Å²) < 4.78 is 0. The molecular formula is C20H24N4O2. The second kappa shape index (κ2) is 8.29. The van der Waals surface area contributed by atoms with E-state index in [1.54, 1.807) is 25.5 Å². The first-order chi connectivity index (χ1) is 12.3. The van der Waals surface area contributed by atoms with Gasteiger partial charge in [0.05, 0.1) is 17.7 Å². The van der Waals surface area contributed by atoms with Crippen molar-refractivity contribution in [1.29, 1.82) is 0 Å². The van der Waals surface area contributed by atoms with Crippen LogP contribution in [0.25, 0.3) is 12.2 Å². The van der Waals surface area contributed by atoms with Crippen molar-refractivity contribution in [2.24, 2.45) is 0 Å². The minimum absolute atomic E-state index is 0.141. The van der Waals surface area contributed by atoms with E-state index in [-0.39, 0.29) is 11.1 Å². The van der Waals surface area contributed by atoms with Gasteiger partial charge in [-0.05, 0) is 17.7 Å². The van der Waals surface area contributed by atoms with Crippen molar-refractivity contribution < 1.29 is 9.59 Å². The largest absolute Gasteiger partial charge is 0.384 e. The second-order valence-electron chi connectivity index (χ2n) is 6.80. The fraction of sp³-hybridized carbons (Fsp3) is 0.250. The lowest BCUT2D eigenvalue weighted by molar-refractivity contribution is -0.118. The van der Waals surface area contributed by atoms with Crippen LogP contribution in [-0.4, -0.2) is 29.2 Å². The highest BCUT2D eigenvalue weighted by Crippen LogP contribution is 2.23. The average Bonchev–Trinajstić information content (AvgIpc) is 3.08. The molecule has 6 heteroatoms. The quantitative estimate of drug-likeness (QED) is 0.551. The number of hydrogen-bond acceptors (Lipinski definition) is 4. The molecule has 136 valence electrons. The SMILES string of the molecule is CN/C(=C\c1ccccc1)C(=O)N/C(C=O)=C\c1nc[nH]c1C(C)(C)C. The van der Waals surface area contributed by atoms with E-state index in [4.69, 9.17) is 0 Å². The number of carbonyl (C=O) groups is 2. The number of aromatic nitrogens is 2. The maximum absolute atomic E-state index is 12.5. The van der Waals surface area contributed by atoms with Gasteiger partial charge in [-0.3, -0.25) is 9.59 Å². The summed E-state index contributed by atoms with van der Waals surface area (Å²) in [6.45, 7) is 6.12. The molecule has 0 fully saturated rings. The third-order valence-electron chi connectivity index (χ3n) is 3.72. The first kappa shape index (κ1) is 19.2. The van der Waals surface area contributed by atoms with E-state index in [1.807, 2.05) is 51.1 Å². The van der Waals surface area contributed by atoms with Gasteiger partial charge in [-0.15, -0.1) is 0 Å². The van der Waals surface area contributed by atoms with Crippen molar-refractivity contribution >= 4 is 24.3 Å². The Balaban J connectivity index is 2.24. The Hall–Kier alpha value is -3.15. The summed E-state index contributed by atoms with van der Waals surface area (Å²) in [6, 6.07) is 9.46. The molecule has 0 saturated heterocycles. The van der Waals surface area contributed by atoms with Crippen LogP contribution in [0.3, 0.4) is 0 Å². The molecule has 0 aliphatic heterocycles. The third kappa shape index (κ3) is 4.92. The molecule has 0 aliphatic carbocycles. The standard InChI is InChI=1S/C20H24N4O2/c1-20(2,3)18-16(22-13-23-18)11-15(12-25)24-19(26)17(21-4)10-14-8-6-5-7-9-14/h5-13,21H,1-4H3,(H,22,23)(H,24,26)/b15-11-,17-10-. The summed E-state index contributed by atoms with van der Waals surface area (Å²) in [5.41, 5.74) is 2.72. The summed E-state index contributed by atoms with van der Waals surface area (Å²) in [5.74, 6) is -0.400. The second-order valence-corrected chi connectivity index (χ2v) is 6.80. The molecule has 1 aromatic heterocycles. The first-order valence-corrected chi connectivity index (χ1v) is 8.31. The highest BCUT2D eigenvalue weighted by Gasteiger charge is 2.20. The zero-order valence-corrected chi connectivity index (χ0v) is 15.5. The molecule has 3 N–H and O–H groups in total. The van der Waals surface area contributed by atoms with Crippen LogP contribution in [0.15, 0.2) is 48.1 Å². The number of hydrogen-bond donors (Lipinski definition) is 3. The lowest BCUT2D eigenvalue weighted by Gasteiger charge is -2.17. The number of benzene rings is 1. The number of nitrogens with one attached hydrogen (secondary N) is 3. The van der Waals surface area contributed by atoms with E-state index in [0.717, 1.165) is 11.3 Å². The van der Waals surface area contributed by atoms with Crippen molar-refractivity contribution in [2.75, 3.05) is 7.05 Å². The summed E-state index contributed by atoms with van der Waals surface area (Å²) >= 11 is 0. The van der Waals surface area contributed by atoms with E-state index < -0.39 is 5.91 Å². The molecule has 0 saturated carbocycles. The third-order valence-corrected chi connectivity index (χ3v) is 3.72. The van der Waals surface area contributed by atoms with Crippen molar-refractivity contribution in [2.45, 2.75) is 26.2 Å². The molecule has 2 rings (SSSR count). The summed E-state index contributed by atoms with van der Waals surface area (Å²) in [6.07, 6.45) is 5.46. The van der Waals surface area contributed by atoms with Gasteiger partial charge in [0.1, 0.15) is 5.70 Å². The molecule has 0 radical (unpaired) electrons. The molecule has 0 spiro atoms. The van der Waals surface area contributed by atoms with E-state index in [1.165, 1.54) is 0 Å². The lowest BCUT2D eigenvalue weighted by atomic mass is 9.90. The van der Waals surface area contributed by atoms with E-state index in [0.29, 0.717) is 17.7 Å². The number of imidazole rings is 1. The molecule has 0 atom stereocenters. The normalized spacial score (nSPS) is 12.6. The van der Waals surface area contributed by atoms with Gasteiger partial charge >= 0.3 is 0 Å². The number of H-pyrrole nitrogens is 1. The molecule has 1 heterocycles. The van der Waals surface area contributed by atoms with Crippen LogP contribution in [0.5, 0.6) is 0 Å². The average molecular weight is 352 g/mol. The molecule has 1 amide bonds. The Morgan fingerprint density at radius 1 is 1.15 bits per heavy atom. The maximum Gasteiger partial charge on any atom is 0.271 e. The molecular weight excluding hydrogens is 328 g/mol. The fourth-order valence-corrected chi connectivity index (χ4v) is 2.43. The van der Waals surface area contributed by atoms with E-state index >= 15 is 0 Å². The van der Waals surface area contributed by atoms with Crippen molar-refractivity contribution in [3.05, 3.63) is 65.0 Å². The maximum atomic E-state index is 12.5. The Morgan fingerprint density at radius 3 is 2.42 bits per heavy atom. The topological polar surface area (TPSA) is 86.9 Å². The molecule has 6 nitrogen and oxygen atoms in total. The van der Waals surface area contributed by atoms with Gasteiger partial charge in [0.15, 0.2) is 6.29 Å². The number of allylic oxidation sites excluding steroid dienone is 1. The van der Waals surface area contributed by atoms with Gasteiger partial charge in [0.25, 0.3) is 5.91 Å². The van der Waals surface area contributed by atoms with Crippen LogP contribution in [-0.2, 0) is 15.0 Å². The Kier molecular flexibility index (Phi) is 6.11. The van der Waals surface area contributed by atoms with Crippen LogP contribution in [0, 0.1) is 0 Å². The Labute approximate surface area is 153 Å². The van der Waals surface area contributed by atoms with Crippen LogP contribution in [0.2, 0.25) is 0 Å². The first-order valence-electron chi connectivity index (χ1n) is 8.31. The molecule has 0 bridgehead atoms. The summed E-state index contributed by atoms with van der Waals surface area (Å²) in [7, 11) is 1.66. The Morgan fingerprint density at radius 2 is 1.85 bits per heavy atom. The fourth-order valence-electron chi connectivity index (χ4n) is 2.43. The van der Waals surface area contributed by atoms with Crippen molar-refractivity contribution in [3.8, 4) is 0 Å². The summed E-state index contributed by atoms with van der Waals surface area (Å²) in [5, 5.41) is 5.48. The minimum Gasteiger partial charge on any atom is -0.384 e. The molecule has 0 unspecified atom stereocenters. The van der Waals surface area contributed by atoms with Gasteiger partial charge in [0, 0.05) is 18.2 Å². The monoisotopic (exact) mass is 352 g/mol. The van der Waals surface area contributed by atoms with Gasteiger partial charge < -0.3 is 15.6 Å². The zero-order chi connectivity index (χ0) is 19.2. The van der Waals surface area contributed by atoms with Crippen LogP contribution in [0.1, 0.15) is 37.7 Å². The highest BCUT2D eigenvalue weighted by molar-refractivity contribution is 6.01. The number of rotatable bonds is 6. The number of nitrogens with zero attached hydrogens (tertiary/aromatic N) is 1. The predicted molar refractivity (Wildman–Crippen MR) is 103 cm³/mol. The van der Waals surface area contributed by atoms with E-state index in [9.17, 15) is 9.59 Å². The number of aldehydes is 1. The van der Waals surface area contributed by atoms with Crippen molar-refractivity contribution in [1.82, 2.24) is 20.6 Å². The van der Waals surface area contributed by atoms with Gasteiger partial charge in [-0.1, -0.05) is 51.1 Å². The zero-order valence-electron chi connectivity index (χ0n) is 15.5. The van der Waals surface area contributed by atoms with Crippen LogP contribution >= 0.6 is 0 Å². The number of aromatic amines is 1. The molecule has 0 aliphatic rings. The Bertz CT molecular complexity index is 827. The number of likely N-dealkylation sites (N-methyl/N-ethyl adjacent to an activating group) is 1. The number of carbonyl (C=O) groups excluding carboxylic acids is 2. The van der Waals surface area contributed by atoms with E-state index in [2.05, 4.69) is 20.6 Å². The predicted octanol–water partition coefficient (Wildman–Crippen LogP) is 2.62. The van der Waals surface area contributed by atoms with Gasteiger partial charge in [-0.2, -0.15) is 0 Å². The van der Waals surface area contributed by atoms with Crippen molar-refractivity contribution in [3.63, 3.8) is 0 Å². The van der Waals surface area contributed by atoms with Crippen LogP contribution in [0.4, 0.5) is 0 Å². The molecule has 1 aromatic carbocycles. The minimum atomic E-state index is -0.400. The highest BCUT2D eigenvalue weighted by atomic mass is 16.2. The number of amides is 1. The smallest absolute Gasteiger partial charge is 0.271 e. The summed E-state index contributed by atoms with van der Waals surface area (Å²) in [4.78, 5) is 31.2. The van der Waals surface area contributed by atoms with Gasteiger partial charge in [0.2, 0.25) is 0 Å². The molecule has 26 heavy (non-hydrogen) atoms. The van der Waals surface area contributed by atoms with Crippen LogP contribution < -0.4 is 10.6 Å². The van der Waals surface area contributed by atoms with Gasteiger partial charge in [-0.25, -0.2) is 4.98 Å². The molecule has 2 aromatic rings. The lowest BCUT2D eigenvalue weighted by Crippen LogP contribution is -2.30.